The van der Waals surface area contributed by atoms with Gasteiger partial charge in [0.15, 0.2) is 9.04 Å². The van der Waals surface area contributed by atoms with Gasteiger partial charge in [-0.2, -0.15) is 0 Å². The van der Waals surface area contributed by atoms with E-state index in [0.29, 0.717) is 6.10 Å². The van der Waals surface area contributed by atoms with Gasteiger partial charge in [-0.25, -0.2) is 0 Å². The summed E-state index contributed by atoms with van der Waals surface area (Å²) in [6, 6.07) is 0. The summed E-state index contributed by atoms with van der Waals surface area (Å²) in [5.74, 6) is 0. The maximum absolute atomic E-state index is 5.89. The first-order chi connectivity index (χ1) is 5.70. The Balaban J connectivity index is 2.31. The van der Waals surface area contributed by atoms with Crippen LogP contribution < -0.4 is 0 Å². The van der Waals surface area contributed by atoms with Crippen LogP contribution in [0.4, 0.5) is 0 Å². The Morgan fingerprint density at radius 3 is 2.67 bits per heavy atom. The molecule has 0 saturated heterocycles. The van der Waals surface area contributed by atoms with Crippen molar-refractivity contribution in [2.75, 3.05) is 0 Å². The molecular formula is C10H20OSi. The molecule has 2 atom stereocenters. The van der Waals surface area contributed by atoms with Gasteiger partial charge in [-0.15, -0.1) is 0 Å². The van der Waals surface area contributed by atoms with Gasteiger partial charge in [0.05, 0.1) is 0 Å². The fourth-order valence-corrected chi connectivity index (χ4v) is 4.07. The molecule has 0 saturated carbocycles. The van der Waals surface area contributed by atoms with Crippen LogP contribution >= 0.6 is 0 Å². The van der Waals surface area contributed by atoms with E-state index in [-0.39, 0.29) is 0 Å². The van der Waals surface area contributed by atoms with Gasteiger partial charge in [-0.3, -0.25) is 0 Å². The van der Waals surface area contributed by atoms with Crippen LogP contribution in [0.5, 0.6) is 0 Å². The SMILES string of the molecule is CC(C)O[SiH](C)C1CC=CCC1. The Bertz CT molecular complexity index is 154. The van der Waals surface area contributed by atoms with E-state index in [1.807, 2.05) is 0 Å². The molecule has 2 heteroatoms. The lowest BCUT2D eigenvalue weighted by Gasteiger charge is -2.25. The highest BCUT2D eigenvalue weighted by Crippen LogP contribution is 2.27. The Hall–Kier alpha value is -0.0831. The number of hydrogen-bond donors (Lipinski definition) is 0. The third-order valence-electron chi connectivity index (χ3n) is 2.46. The summed E-state index contributed by atoms with van der Waals surface area (Å²) in [4.78, 5) is 0. The first kappa shape index (κ1) is 10.0. The summed E-state index contributed by atoms with van der Waals surface area (Å²) >= 11 is 0. The first-order valence-corrected chi connectivity index (χ1v) is 7.30. The fourth-order valence-electron chi connectivity index (χ4n) is 1.78. The highest BCUT2D eigenvalue weighted by atomic mass is 28.3. The van der Waals surface area contributed by atoms with Crippen LogP contribution in [0, 0.1) is 0 Å². The van der Waals surface area contributed by atoms with Gasteiger partial charge < -0.3 is 4.43 Å². The van der Waals surface area contributed by atoms with Crippen molar-refractivity contribution in [2.24, 2.45) is 0 Å². The third kappa shape index (κ3) is 3.11. The molecule has 1 aliphatic rings. The van der Waals surface area contributed by atoms with Crippen molar-refractivity contribution in [3.05, 3.63) is 12.2 Å². The summed E-state index contributed by atoms with van der Waals surface area (Å²) in [6.45, 7) is 6.62. The topological polar surface area (TPSA) is 9.23 Å². The molecular weight excluding hydrogens is 164 g/mol. The van der Waals surface area contributed by atoms with Crippen molar-refractivity contribution in [1.82, 2.24) is 0 Å². The molecule has 0 aliphatic heterocycles. The minimum atomic E-state index is -0.893. The van der Waals surface area contributed by atoms with E-state index >= 15 is 0 Å². The minimum absolute atomic E-state index is 0.428. The van der Waals surface area contributed by atoms with Gasteiger partial charge >= 0.3 is 0 Å². The van der Waals surface area contributed by atoms with Crippen LogP contribution in [0.3, 0.4) is 0 Å². The monoisotopic (exact) mass is 184 g/mol. The zero-order valence-corrected chi connectivity index (χ0v) is 9.57. The van der Waals surface area contributed by atoms with E-state index < -0.39 is 9.04 Å². The molecule has 1 nitrogen and oxygen atoms in total. The van der Waals surface area contributed by atoms with Crippen LogP contribution in [0.25, 0.3) is 0 Å². The standard InChI is InChI=1S/C10H20OSi/c1-9(2)11-12(3)10-7-5-4-6-8-10/h4-5,9-10,12H,6-8H2,1-3H3. The average molecular weight is 184 g/mol. The lowest BCUT2D eigenvalue weighted by molar-refractivity contribution is 0.237. The van der Waals surface area contributed by atoms with E-state index in [1.54, 1.807) is 0 Å². The van der Waals surface area contributed by atoms with Crippen molar-refractivity contribution in [2.45, 2.75) is 51.3 Å². The lowest BCUT2D eigenvalue weighted by atomic mass is 10.1. The van der Waals surface area contributed by atoms with Gasteiger partial charge in [0.25, 0.3) is 0 Å². The largest absolute Gasteiger partial charge is 0.418 e. The van der Waals surface area contributed by atoms with Gasteiger partial charge in [0, 0.05) is 6.10 Å². The van der Waals surface area contributed by atoms with E-state index in [1.165, 1.54) is 19.3 Å². The molecule has 1 aliphatic carbocycles. The summed E-state index contributed by atoms with van der Waals surface area (Å²) in [7, 11) is -0.893. The molecule has 0 radical (unpaired) electrons. The van der Waals surface area contributed by atoms with Crippen molar-refractivity contribution in [3.8, 4) is 0 Å². The molecule has 2 unspecified atom stereocenters. The van der Waals surface area contributed by atoms with Crippen LogP contribution in [0.15, 0.2) is 12.2 Å². The molecule has 0 N–H and O–H groups in total. The normalized spacial score (nSPS) is 26.2. The molecule has 0 aromatic heterocycles. The lowest BCUT2D eigenvalue weighted by Crippen LogP contribution is -2.25. The van der Waals surface area contributed by atoms with Crippen LogP contribution in [-0.2, 0) is 4.43 Å². The van der Waals surface area contributed by atoms with E-state index in [9.17, 15) is 0 Å². The molecule has 0 aromatic rings. The average Bonchev–Trinajstić information content (AvgIpc) is 2.05. The van der Waals surface area contributed by atoms with Crippen molar-refractivity contribution < 1.29 is 4.43 Å². The summed E-state index contributed by atoms with van der Waals surface area (Å²) in [6.07, 6.45) is 8.94. The molecule has 0 aromatic carbocycles. The molecule has 0 spiro atoms. The fraction of sp³-hybridized carbons (Fsp3) is 0.800. The van der Waals surface area contributed by atoms with Crippen molar-refractivity contribution in [3.63, 3.8) is 0 Å². The maximum atomic E-state index is 5.89. The minimum Gasteiger partial charge on any atom is -0.418 e. The van der Waals surface area contributed by atoms with E-state index in [4.69, 9.17) is 4.43 Å². The van der Waals surface area contributed by atoms with Crippen LogP contribution in [0.1, 0.15) is 33.1 Å². The Labute approximate surface area is 77.5 Å². The third-order valence-corrected chi connectivity index (χ3v) is 5.37. The molecule has 0 amide bonds. The van der Waals surface area contributed by atoms with Gasteiger partial charge in [-0.1, -0.05) is 12.2 Å². The second kappa shape index (κ2) is 4.82. The van der Waals surface area contributed by atoms with E-state index in [2.05, 4.69) is 32.5 Å². The molecule has 12 heavy (non-hydrogen) atoms. The number of allylic oxidation sites excluding steroid dienone is 2. The molecule has 70 valence electrons. The number of rotatable bonds is 3. The Morgan fingerprint density at radius 1 is 1.42 bits per heavy atom. The Kier molecular flexibility index (Phi) is 4.02. The zero-order valence-electron chi connectivity index (χ0n) is 8.42. The highest BCUT2D eigenvalue weighted by Gasteiger charge is 2.20. The summed E-state index contributed by atoms with van der Waals surface area (Å²) in [5, 5.41) is 0. The van der Waals surface area contributed by atoms with Crippen LogP contribution in [-0.4, -0.2) is 15.1 Å². The van der Waals surface area contributed by atoms with Gasteiger partial charge in [-0.05, 0) is 45.2 Å². The molecule has 0 fully saturated rings. The van der Waals surface area contributed by atoms with E-state index in [0.717, 1.165) is 5.54 Å². The van der Waals surface area contributed by atoms with Crippen molar-refractivity contribution >= 4 is 9.04 Å². The van der Waals surface area contributed by atoms with Gasteiger partial charge in [0.1, 0.15) is 0 Å². The second-order valence-electron chi connectivity index (χ2n) is 3.93. The van der Waals surface area contributed by atoms with Gasteiger partial charge in [0.2, 0.25) is 0 Å². The Morgan fingerprint density at radius 2 is 2.17 bits per heavy atom. The second-order valence-corrected chi connectivity index (χ2v) is 6.56. The zero-order chi connectivity index (χ0) is 8.97. The predicted molar refractivity (Wildman–Crippen MR) is 56.0 cm³/mol. The quantitative estimate of drug-likeness (QED) is 0.484. The smallest absolute Gasteiger partial charge is 0.177 e. The molecule has 1 rings (SSSR count). The van der Waals surface area contributed by atoms with Crippen molar-refractivity contribution in [1.29, 1.82) is 0 Å². The maximum Gasteiger partial charge on any atom is 0.177 e. The van der Waals surface area contributed by atoms with Crippen LogP contribution in [0.2, 0.25) is 12.1 Å². The number of hydrogen-bond acceptors (Lipinski definition) is 1. The predicted octanol–water partition coefficient (Wildman–Crippen LogP) is 2.88. The first-order valence-electron chi connectivity index (χ1n) is 5.00. The molecule has 0 bridgehead atoms. The summed E-state index contributed by atoms with van der Waals surface area (Å²) in [5.41, 5.74) is 0.886. The summed E-state index contributed by atoms with van der Waals surface area (Å²) < 4.78 is 5.89. The molecule has 0 heterocycles. The highest BCUT2D eigenvalue weighted by molar-refractivity contribution is 6.52.